The summed E-state index contributed by atoms with van der Waals surface area (Å²) >= 11 is 5.48. The second-order valence-electron chi connectivity index (χ2n) is 5.47. The molecule has 0 saturated carbocycles. The maximum absolute atomic E-state index is 5.48. The van der Waals surface area contributed by atoms with Crippen molar-refractivity contribution in [1.29, 1.82) is 0 Å². The first-order chi connectivity index (χ1) is 9.97. The number of methoxy groups -OCH3 is 2. The van der Waals surface area contributed by atoms with E-state index in [9.17, 15) is 0 Å². The summed E-state index contributed by atoms with van der Waals surface area (Å²) in [7, 11) is 7.43. The largest absolute Gasteiger partial charge is 0.493 e. The van der Waals surface area contributed by atoms with E-state index in [1.54, 1.807) is 14.2 Å². The van der Waals surface area contributed by atoms with Crippen LogP contribution in [-0.2, 0) is 0 Å². The quantitative estimate of drug-likeness (QED) is 0.832. The van der Waals surface area contributed by atoms with E-state index in [-0.39, 0.29) is 0 Å². The number of H-pyrrole nitrogens is 1. The maximum Gasteiger partial charge on any atom is 0.178 e. The molecule has 0 aliphatic carbocycles. The van der Waals surface area contributed by atoms with Crippen LogP contribution >= 0.6 is 12.2 Å². The minimum absolute atomic E-state index is 0.312. The molecule has 2 rings (SSSR count). The summed E-state index contributed by atoms with van der Waals surface area (Å²) in [4.78, 5) is 5.43. The Kier molecular flexibility index (Phi) is 4.90. The number of hydrogen-bond acceptors (Lipinski definition) is 4. The van der Waals surface area contributed by atoms with Crippen molar-refractivity contribution in [2.45, 2.75) is 19.4 Å². The fourth-order valence-electron chi connectivity index (χ4n) is 2.46. The molecule has 6 heteroatoms. The van der Waals surface area contributed by atoms with E-state index in [4.69, 9.17) is 21.7 Å². The lowest BCUT2D eigenvalue weighted by Crippen LogP contribution is -2.17. The van der Waals surface area contributed by atoms with Gasteiger partial charge in [-0.05, 0) is 46.2 Å². The van der Waals surface area contributed by atoms with Crippen LogP contribution in [0, 0.1) is 4.77 Å². The predicted octanol–water partition coefficient (Wildman–Crippen LogP) is 3.23. The van der Waals surface area contributed by atoms with Gasteiger partial charge in [-0.15, -0.1) is 0 Å². The summed E-state index contributed by atoms with van der Waals surface area (Å²) in [5.41, 5.74) is 2.01. The molecule has 21 heavy (non-hydrogen) atoms. The number of fused-ring (bicyclic) bond motifs is 1. The highest BCUT2D eigenvalue weighted by Gasteiger charge is 2.15. The summed E-state index contributed by atoms with van der Waals surface area (Å²) < 4.78 is 13.6. The lowest BCUT2D eigenvalue weighted by atomic mass is 10.2. The zero-order valence-corrected chi connectivity index (χ0v) is 14.1. The topological polar surface area (TPSA) is 42.4 Å². The highest BCUT2D eigenvalue weighted by Crippen LogP contribution is 2.33. The molecule has 0 bridgehead atoms. The Labute approximate surface area is 130 Å². The van der Waals surface area contributed by atoms with E-state index in [0.29, 0.717) is 17.5 Å². The van der Waals surface area contributed by atoms with Crippen molar-refractivity contribution in [3.8, 4) is 11.5 Å². The molecule has 5 nitrogen and oxygen atoms in total. The van der Waals surface area contributed by atoms with Crippen molar-refractivity contribution in [1.82, 2.24) is 14.5 Å². The van der Waals surface area contributed by atoms with Crippen molar-refractivity contribution in [3.63, 3.8) is 0 Å². The third-order valence-corrected chi connectivity index (χ3v) is 3.96. The SMILES string of the molecule is COc1cc2[nH]c(=S)n(C(C)CCN(C)C)c2cc1OC. The van der Waals surface area contributed by atoms with Gasteiger partial charge in [0.2, 0.25) is 0 Å². The summed E-state index contributed by atoms with van der Waals surface area (Å²) in [5.74, 6) is 1.42. The molecule has 0 aliphatic rings. The lowest BCUT2D eigenvalue weighted by molar-refractivity contribution is 0.354. The molecule has 116 valence electrons. The molecule has 1 aromatic heterocycles. The zero-order valence-electron chi connectivity index (χ0n) is 13.3. The van der Waals surface area contributed by atoms with E-state index in [1.165, 1.54) is 0 Å². The van der Waals surface area contributed by atoms with Gasteiger partial charge in [0, 0.05) is 18.2 Å². The highest BCUT2D eigenvalue weighted by atomic mass is 32.1. The average molecular weight is 309 g/mol. The molecule has 0 amide bonds. The number of benzene rings is 1. The number of rotatable bonds is 6. The van der Waals surface area contributed by atoms with Gasteiger partial charge in [0.15, 0.2) is 16.3 Å². The molecule has 0 saturated heterocycles. The maximum atomic E-state index is 5.48. The standard InChI is InChI=1S/C15H23N3O2S/c1-10(6-7-17(2)3)18-12-9-14(20-5)13(19-4)8-11(12)16-15(18)21/h8-10H,6-7H2,1-5H3,(H,16,21). The predicted molar refractivity (Wildman–Crippen MR) is 88.1 cm³/mol. The molecule has 0 aliphatic heterocycles. The molecule has 0 radical (unpaired) electrons. The molecule has 2 aromatic rings. The van der Waals surface area contributed by atoms with Gasteiger partial charge in [0.05, 0.1) is 25.3 Å². The Morgan fingerprint density at radius 1 is 1.24 bits per heavy atom. The van der Waals surface area contributed by atoms with Crippen LogP contribution in [0.15, 0.2) is 12.1 Å². The smallest absolute Gasteiger partial charge is 0.178 e. The Morgan fingerprint density at radius 3 is 2.43 bits per heavy atom. The number of ether oxygens (including phenoxy) is 2. The molecular weight excluding hydrogens is 286 g/mol. The fraction of sp³-hybridized carbons (Fsp3) is 0.533. The van der Waals surface area contributed by atoms with Gasteiger partial charge in [-0.25, -0.2) is 0 Å². The number of aromatic amines is 1. The van der Waals surface area contributed by atoms with E-state index in [0.717, 1.165) is 28.8 Å². The first-order valence-corrected chi connectivity index (χ1v) is 7.39. The van der Waals surface area contributed by atoms with Crippen LogP contribution in [-0.4, -0.2) is 49.3 Å². The van der Waals surface area contributed by atoms with Gasteiger partial charge < -0.3 is 23.9 Å². The van der Waals surface area contributed by atoms with Crippen LogP contribution in [0.25, 0.3) is 11.0 Å². The molecule has 1 heterocycles. The molecule has 1 aromatic carbocycles. The Bertz CT molecular complexity index is 675. The highest BCUT2D eigenvalue weighted by molar-refractivity contribution is 7.71. The normalized spacial score (nSPS) is 12.9. The van der Waals surface area contributed by atoms with Crippen molar-refractivity contribution in [2.75, 3.05) is 34.9 Å². The summed E-state index contributed by atoms with van der Waals surface area (Å²) in [6.45, 7) is 3.20. The first kappa shape index (κ1) is 15.9. The minimum atomic E-state index is 0.312. The fourth-order valence-corrected chi connectivity index (χ4v) is 2.85. The van der Waals surface area contributed by atoms with Crippen LogP contribution < -0.4 is 9.47 Å². The number of nitrogens with one attached hydrogen (secondary N) is 1. The van der Waals surface area contributed by atoms with Gasteiger partial charge in [0.25, 0.3) is 0 Å². The van der Waals surface area contributed by atoms with Crippen molar-refractivity contribution < 1.29 is 9.47 Å². The number of aromatic nitrogens is 2. The number of hydrogen-bond donors (Lipinski definition) is 1. The number of imidazole rings is 1. The van der Waals surface area contributed by atoms with E-state index >= 15 is 0 Å². The lowest BCUT2D eigenvalue weighted by Gasteiger charge is -2.18. The van der Waals surface area contributed by atoms with Crippen LogP contribution in [0.3, 0.4) is 0 Å². The minimum Gasteiger partial charge on any atom is -0.493 e. The Balaban J connectivity index is 2.48. The Hall–Kier alpha value is -1.53. The number of nitrogens with zero attached hydrogens (tertiary/aromatic N) is 2. The molecule has 1 atom stereocenters. The van der Waals surface area contributed by atoms with Gasteiger partial charge >= 0.3 is 0 Å². The van der Waals surface area contributed by atoms with Gasteiger partial charge in [-0.2, -0.15) is 0 Å². The van der Waals surface area contributed by atoms with Crippen LogP contribution in [0.5, 0.6) is 11.5 Å². The average Bonchev–Trinajstić information content (AvgIpc) is 2.77. The third-order valence-electron chi connectivity index (χ3n) is 3.66. The summed E-state index contributed by atoms with van der Waals surface area (Å²) in [6, 6.07) is 4.22. The van der Waals surface area contributed by atoms with Crippen molar-refractivity contribution in [2.24, 2.45) is 0 Å². The summed E-state index contributed by atoms with van der Waals surface area (Å²) in [5, 5.41) is 0. The van der Waals surface area contributed by atoms with E-state index in [1.807, 2.05) is 12.1 Å². The second-order valence-corrected chi connectivity index (χ2v) is 5.85. The molecular formula is C15H23N3O2S. The van der Waals surface area contributed by atoms with Gasteiger partial charge in [-0.3, -0.25) is 0 Å². The van der Waals surface area contributed by atoms with E-state index in [2.05, 4.69) is 35.5 Å². The van der Waals surface area contributed by atoms with Crippen molar-refractivity contribution in [3.05, 3.63) is 16.9 Å². The monoisotopic (exact) mass is 309 g/mol. The first-order valence-electron chi connectivity index (χ1n) is 6.99. The Morgan fingerprint density at radius 2 is 1.86 bits per heavy atom. The molecule has 1 unspecified atom stereocenters. The molecule has 1 N–H and O–H groups in total. The van der Waals surface area contributed by atoms with E-state index < -0.39 is 0 Å². The van der Waals surface area contributed by atoms with Crippen LogP contribution in [0.2, 0.25) is 0 Å². The zero-order chi connectivity index (χ0) is 15.6. The molecule has 0 fully saturated rings. The van der Waals surface area contributed by atoms with Crippen LogP contribution in [0.1, 0.15) is 19.4 Å². The summed E-state index contributed by atoms with van der Waals surface area (Å²) in [6.07, 6.45) is 1.03. The van der Waals surface area contributed by atoms with Gasteiger partial charge in [0.1, 0.15) is 0 Å². The molecule has 0 spiro atoms. The van der Waals surface area contributed by atoms with Crippen LogP contribution in [0.4, 0.5) is 0 Å². The van der Waals surface area contributed by atoms with Gasteiger partial charge in [-0.1, -0.05) is 0 Å². The van der Waals surface area contributed by atoms with Crippen molar-refractivity contribution >= 4 is 23.3 Å². The second kappa shape index (κ2) is 6.49. The third kappa shape index (κ3) is 3.22.